The van der Waals surface area contributed by atoms with E-state index in [1.54, 1.807) is 5.73 Å². The number of carbonyl (C=O) groups excluding carboxylic acids is 1. The van der Waals surface area contributed by atoms with Crippen LogP contribution < -0.4 is 0 Å². The Morgan fingerprint density at radius 1 is 1.62 bits per heavy atom. The zero-order chi connectivity index (χ0) is 10.7. The highest BCUT2D eigenvalue weighted by Gasteiger charge is 2.59. The summed E-state index contributed by atoms with van der Waals surface area (Å²) in [7, 11) is 0.732. The minimum absolute atomic E-state index is 0.0961. The molecule has 0 spiro atoms. The average Bonchev–Trinajstić information content (AvgIpc) is 2.01. The lowest BCUT2D eigenvalue weighted by Crippen LogP contribution is -2.50. The summed E-state index contributed by atoms with van der Waals surface area (Å²) in [5, 5.41) is 8.86. The Hall–Kier alpha value is -1.26. The number of hydrogen-bond acceptors (Lipinski definition) is 3. The van der Waals surface area contributed by atoms with Gasteiger partial charge in [-0.15, -0.1) is 5.73 Å². The minimum atomic E-state index is -5.15. The number of aliphatic hydroxyl groups is 1. The van der Waals surface area contributed by atoms with E-state index in [2.05, 4.69) is 11.3 Å². The highest BCUT2D eigenvalue weighted by Crippen LogP contribution is 2.32. The Balaban J connectivity index is 5.19. The van der Waals surface area contributed by atoms with Crippen LogP contribution in [0.5, 0.6) is 0 Å². The highest BCUT2D eigenvalue weighted by molar-refractivity contribution is 5.82. The Morgan fingerprint density at radius 2 is 2.08 bits per heavy atom. The monoisotopic (exact) mass is 196 g/mol. The highest BCUT2D eigenvalue weighted by atomic mass is 19.4. The predicted molar refractivity (Wildman–Crippen MR) is 36.7 cm³/mol. The summed E-state index contributed by atoms with van der Waals surface area (Å²) in [6, 6.07) is 0. The van der Waals surface area contributed by atoms with Gasteiger partial charge in [0, 0.05) is 6.08 Å². The molecule has 6 heteroatoms. The molecular weight excluding hydrogens is 189 g/mol. The number of carbonyl (C=O) groups is 1. The number of halogens is 3. The van der Waals surface area contributed by atoms with Gasteiger partial charge in [-0.3, -0.25) is 0 Å². The summed E-state index contributed by atoms with van der Waals surface area (Å²) in [5.74, 6) is -1.82. The zero-order valence-corrected chi connectivity index (χ0v) is 6.68. The number of rotatable bonds is 2. The summed E-state index contributed by atoms with van der Waals surface area (Å²) in [6.07, 6.45) is -5.05. The molecule has 0 aromatic rings. The molecule has 13 heavy (non-hydrogen) atoms. The Kier molecular flexibility index (Phi) is 3.28. The lowest BCUT2D eigenvalue weighted by atomic mass is 10.0. The molecule has 0 aliphatic heterocycles. The van der Waals surface area contributed by atoms with Gasteiger partial charge in [0.25, 0.3) is 5.60 Å². The Labute approximate surface area is 72.1 Å². The van der Waals surface area contributed by atoms with Gasteiger partial charge in [0.05, 0.1) is 7.11 Å². The Bertz CT molecular complexity index is 252. The second kappa shape index (κ2) is 3.64. The minimum Gasteiger partial charge on any atom is -0.466 e. The molecule has 1 N–H and O–H groups in total. The van der Waals surface area contributed by atoms with Gasteiger partial charge in [0.2, 0.25) is 0 Å². The van der Waals surface area contributed by atoms with E-state index in [1.165, 1.54) is 0 Å². The number of esters is 1. The van der Waals surface area contributed by atoms with E-state index in [4.69, 9.17) is 5.11 Å². The normalized spacial score (nSPS) is 15.5. The number of alkyl halides is 3. The molecule has 0 saturated heterocycles. The van der Waals surface area contributed by atoms with Crippen molar-refractivity contribution in [2.75, 3.05) is 7.11 Å². The molecule has 0 radical (unpaired) electrons. The molecule has 0 fully saturated rings. The second-order valence-corrected chi connectivity index (χ2v) is 2.10. The van der Waals surface area contributed by atoms with Crippen LogP contribution >= 0.6 is 0 Å². The molecule has 0 saturated carbocycles. The molecule has 74 valence electrons. The molecule has 1 unspecified atom stereocenters. The third-order valence-electron chi connectivity index (χ3n) is 1.24. The van der Waals surface area contributed by atoms with Crippen molar-refractivity contribution in [2.45, 2.75) is 11.8 Å². The van der Waals surface area contributed by atoms with Crippen LogP contribution in [0.3, 0.4) is 0 Å². The molecule has 0 aliphatic rings. The summed E-state index contributed by atoms with van der Waals surface area (Å²) in [6.45, 7) is 2.83. The molecule has 0 aliphatic carbocycles. The predicted octanol–water partition coefficient (Wildman–Crippen LogP) is 0.794. The maximum atomic E-state index is 12.1. The van der Waals surface area contributed by atoms with Crippen molar-refractivity contribution in [2.24, 2.45) is 0 Å². The number of hydrogen-bond donors (Lipinski definition) is 1. The first-order valence-corrected chi connectivity index (χ1v) is 3.04. The lowest BCUT2D eigenvalue weighted by molar-refractivity contribution is -0.244. The van der Waals surface area contributed by atoms with Crippen LogP contribution in [0.15, 0.2) is 18.4 Å². The van der Waals surface area contributed by atoms with Crippen molar-refractivity contribution < 1.29 is 27.8 Å². The molecule has 0 aromatic heterocycles. The fraction of sp³-hybridized carbons (Fsp3) is 0.429. The van der Waals surface area contributed by atoms with Gasteiger partial charge in [-0.05, 0) is 0 Å². The van der Waals surface area contributed by atoms with Crippen LogP contribution in [-0.4, -0.2) is 30.0 Å². The fourth-order valence-corrected chi connectivity index (χ4v) is 0.560. The molecule has 3 nitrogen and oxygen atoms in total. The van der Waals surface area contributed by atoms with Crippen molar-refractivity contribution in [1.82, 2.24) is 0 Å². The Morgan fingerprint density at radius 3 is 2.31 bits per heavy atom. The summed E-state index contributed by atoms with van der Waals surface area (Å²) < 4.78 is 40.0. The number of methoxy groups -OCH3 is 1. The molecular formula is C7H7F3O3. The van der Waals surface area contributed by atoms with E-state index in [0.29, 0.717) is 0 Å². The quantitative estimate of drug-likeness (QED) is 0.524. The van der Waals surface area contributed by atoms with Gasteiger partial charge in [-0.2, -0.15) is 13.2 Å². The first-order valence-electron chi connectivity index (χ1n) is 3.04. The largest absolute Gasteiger partial charge is 0.466 e. The van der Waals surface area contributed by atoms with Crippen LogP contribution in [0.2, 0.25) is 0 Å². The number of ether oxygens (including phenoxy) is 1. The third-order valence-corrected chi connectivity index (χ3v) is 1.24. The van der Waals surface area contributed by atoms with Gasteiger partial charge in [0.1, 0.15) is 0 Å². The van der Waals surface area contributed by atoms with E-state index < -0.39 is 17.7 Å². The van der Waals surface area contributed by atoms with Crippen molar-refractivity contribution in [1.29, 1.82) is 0 Å². The SMILES string of the molecule is C=C=CC(O)(C(=O)OC)C(F)(F)F. The fourth-order valence-electron chi connectivity index (χ4n) is 0.560. The summed E-state index contributed by atoms with van der Waals surface area (Å²) in [4.78, 5) is 10.6. The van der Waals surface area contributed by atoms with Gasteiger partial charge in [-0.1, -0.05) is 6.58 Å². The van der Waals surface area contributed by atoms with E-state index in [-0.39, 0.29) is 6.08 Å². The van der Waals surface area contributed by atoms with E-state index in [1.807, 2.05) is 0 Å². The van der Waals surface area contributed by atoms with Crippen LogP contribution in [-0.2, 0) is 9.53 Å². The second-order valence-electron chi connectivity index (χ2n) is 2.10. The van der Waals surface area contributed by atoms with Crippen molar-refractivity contribution in [3.63, 3.8) is 0 Å². The first-order chi connectivity index (χ1) is 5.79. The van der Waals surface area contributed by atoms with E-state index in [9.17, 15) is 18.0 Å². The smallest absolute Gasteiger partial charge is 0.432 e. The molecule has 0 bridgehead atoms. The maximum Gasteiger partial charge on any atom is 0.432 e. The summed E-state index contributed by atoms with van der Waals surface area (Å²) >= 11 is 0. The molecule has 1 atom stereocenters. The average molecular weight is 196 g/mol. The topological polar surface area (TPSA) is 46.5 Å². The lowest BCUT2D eigenvalue weighted by Gasteiger charge is -2.23. The van der Waals surface area contributed by atoms with Gasteiger partial charge in [0.15, 0.2) is 0 Å². The van der Waals surface area contributed by atoms with Crippen molar-refractivity contribution in [3.05, 3.63) is 18.4 Å². The third kappa shape index (κ3) is 2.11. The molecule has 0 amide bonds. The maximum absolute atomic E-state index is 12.1. The first kappa shape index (κ1) is 11.7. The van der Waals surface area contributed by atoms with Crippen molar-refractivity contribution in [3.8, 4) is 0 Å². The van der Waals surface area contributed by atoms with Crippen LogP contribution in [0, 0.1) is 0 Å². The molecule has 0 aromatic carbocycles. The zero-order valence-electron chi connectivity index (χ0n) is 6.68. The van der Waals surface area contributed by atoms with Gasteiger partial charge >= 0.3 is 12.1 Å². The van der Waals surface area contributed by atoms with Crippen molar-refractivity contribution >= 4 is 5.97 Å². The molecule has 0 rings (SSSR count). The van der Waals surface area contributed by atoms with E-state index >= 15 is 0 Å². The van der Waals surface area contributed by atoms with Gasteiger partial charge in [-0.25, -0.2) is 4.79 Å². The molecule has 0 heterocycles. The van der Waals surface area contributed by atoms with E-state index in [0.717, 1.165) is 7.11 Å². The van der Waals surface area contributed by atoms with Crippen LogP contribution in [0.25, 0.3) is 0 Å². The van der Waals surface area contributed by atoms with Gasteiger partial charge < -0.3 is 9.84 Å². The standard InChI is InChI=1S/C7H7F3O3/c1-3-4-6(12,5(11)13-2)7(8,9)10/h4,12H,1H2,2H3. The van der Waals surface area contributed by atoms with Crippen LogP contribution in [0.1, 0.15) is 0 Å². The van der Waals surface area contributed by atoms with Crippen LogP contribution in [0.4, 0.5) is 13.2 Å². The summed E-state index contributed by atoms with van der Waals surface area (Å²) in [5.41, 5.74) is -1.98.